The highest BCUT2D eigenvalue weighted by Crippen LogP contribution is 2.35. The van der Waals surface area contributed by atoms with Gasteiger partial charge in [-0.15, -0.1) is 0 Å². The lowest BCUT2D eigenvalue weighted by molar-refractivity contribution is -0.110. The van der Waals surface area contributed by atoms with E-state index in [0.717, 1.165) is 64.7 Å². The minimum Gasteiger partial charge on any atom is -0.378 e. The Morgan fingerprint density at radius 2 is 1.84 bits per heavy atom. The van der Waals surface area contributed by atoms with E-state index in [0.29, 0.717) is 5.57 Å². The van der Waals surface area contributed by atoms with E-state index < -0.39 is 0 Å². The van der Waals surface area contributed by atoms with Crippen LogP contribution >= 0.6 is 15.9 Å². The first-order valence-corrected chi connectivity index (χ1v) is 11.3. The summed E-state index contributed by atoms with van der Waals surface area (Å²) in [6, 6.07) is 16.5. The Morgan fingerprint density at radius 3 is 2.61 bits per heavy atom. The van der Waals surface area contributed by atoms with Crippen molar-refractivity contribution in [3.05, 3.63) is 75.5 Å². The first-order chi connectivity index (χ1) is 15.0. The van der Waals surface area contributed by atoms with E-state index in [4.69, 9.17) is 4.74 Å². The van der Waals surface area contributed by atoms with Crippen molar-refractivity contribution in [1.29, 1.82) is 0 Å². The van der Waals surface area contributed by atoms with Gasteiger partial charge in [0.2, 0.25) is 0 Å². The van der Waals surface area contributed by atoms with Gasteiger partial charge in [0, 0.05) is 51.5 Å². The van der Waals surface area contributed by atoms with Crippen molar-refractivity contribution in [2.75, 3.05) is 36.5 Å². The van der Waals surface area contributed by atoms with Crippen molar-refractivity contribution >= 4 is 44.9 Å². The van der Waals surface area contributed by atoms with Gasteiger partial charge in [-0.25, -0.2) is 0 Å². The number of aryl methyl sites for hydroxylation is 1. The van der Waals surface area contributed by atoms with Gasteiger partial charge >= 0.3 is 0 Å². The lowest BCUT2D eigenvalue weighted by atomic mass is 10.0. The number of halogens is 1. The highest BCUT2D eigenvalue weighted by atomic mass is 79.9. The molecule has 1 saturated heterocycles. The van der Waals surface area contributed by atoms with Gasteiger partial charge in [0.15, 0.2) is 0 Å². The number of benzene rings is 2. The molecule has 3 aromatic rings. The van der Waals surface area contributed by atoms with E-state index in [1.807, 2.05) is 30.3 Å². The fraction of sp³-hybridized carbons (Fsp3) is 0.240. The molecular weight excluding hydrogens is 454 g/mol. The van der Waals surface area contributed by atoms with Gasteiger partial charge in [0.1, 0.15) is 0 Å². The third-order valence-corrected chi connectivity index (χ3v) is 6.66. The highest BCUT2D eigenvalue weighted by Gasteiger charge is 2.24. The smallest absolute Gasteiger partial charge is 0.256 e. The van der Waals surface area contributed by atoms with E-state index in [-0.39, 0.29) is 5.91 Å². The first kappa shape index (κ1) is 20.1. The number of morpholine rings is 1. The van der Waals surface area contributed by atoms with Crippen LogP contribution in [0.1, 0.15) is 22.5 Å². The second-order valence-corrected chi connectivity index (χ2v) is 8.81. The number of anilines is 2. The Hall–Kier alpha value is -2.83. The van der Waals surface area contributed by atoms with Crippen LogP contribution in [0.4, 0.5) is 11.4 Å². The summed E-state index contributed by atoms with van der Waals surface area (Å²) in [5, 5.41) is 2.95. The zero-order valence-electron chi connectivity index (χ0n) is 17.6. The minimum absolute atomic E-state index is 0.0522. The fourth-order valence-corrected chi connectivity index (χ4v) is 5.08. The maximum Gasteiger partial charge on any atom is 0.256 e. The molecule has 2 aliphatic heterocycles. The molecule has 158 valence electrons. The maximum atomic E-state index is 12.5. The number of nitrogens with one attached hydrogen (secondary N) is 1. The fourth-order valence-electron chi connectivity index (χ4n) is 4.46. The SMILES string of the molecule is Cc1cc(/C=C2/C(=O)Nc3ccccc32)c(C)n1-c1ccc(N2CCOCC2)c(Br)c1. The van der Waals surface area contributed by atoms with Gasteiger partial charge < -0.3 is 19.5 Å². The van der Waals surface area contributed by atoms with Crippen LogP contribution in [-0.4, -0.2) is 36.8 Å². The third kappa shape index (κ3) is 3.60. The molecule has 0 saturated carbocycles. The summed E-state index contributed by atoms with van der Waals surface area (Å²) in [5.41, 5.74) is 8.10. The number of hydrogen-bond acceptors (Lipinski definition) is 3. The predicted octanol–water partition coefficient (Wildman–Crippen LogP) is 5.19. The number of rotatable bonds is 3. The summed E-state index contributed by atoms with van der Waals surface area (Å²) in [4.78, 5) is 14.9. The summed E-state index contributed by atoms with van der Waals surface area (Å²) in [6.07, 6.45) is 2.00. The molecule has 2 aromatic carbocycles. The summed E-state index contributed by atoms with van der Waals surface area (Å²) in [5.74, 6) is -0.0522. The molecule has 5 rings (SSSR count). The Labute approximate surface area is 190 Å². The van der Waals surface area contributed by atoms with Crippen LogP contribution in [0.15, 0.2) is 53.0 Å². The van der Waals surface area contributed by atoms with Crippen molar-refractivity contribution < 1.29 is 9.53 Å². The van der Waals surface area contributed by atoms with Crippen LogP contribution in [0.5, 0.6) is 0 Å². The first-order valence-electron chi connectivity index (χ1n) is 10.5. The van der Waals surface area contributed by atoms with Crippen molar-refractivity contribution in [3.8, 4) is 5.69 Å². The third-order valence-electron chi connectivity index (χ3n) is 6.02. The lowest BCUT2D eigenvalue weighted by Gasteiger charge is -2.30. The number of nitrogens with zero attached hydrogens (tertiary/aromatic N) is 2. The lowest BCUT2D eigenvalue weighted by Crippen LogP contribution is -2.36. The Bertz CT molecular complexity index is 1210. The van der Waals surface area contributed by atoms with E-state index in [9.17, 15) is 4.79 Å². The molecule has 6 heteroatoms. The molecule has 1 N–H and O–H groups in total. The van der Waals surface area contributed by atoms with Crippen LogP contribution < -0.4 is 10.2 Å². The second-order valence-electron chi connectivity index (χ2n) is 7.95. The van der Waals surface area contributed by atoms with E-state index in [1.54, 1.807) is 0 Å². The highest BCUT2D eigenvalue weighted by molar-refractivity contribution is 9.10. The number of amides is 1. The molecule has 3 heterocycles. The van der Waals surface area contributed by atoms with E-state index >= 15 is 0 Å². The van der Waals surface area contributed by atoms with Gasteiger partial charge in [0.05, 0.1) is 18.9 Å². The molecule has 0 unspecified atom stereocenters. The molecule has 0 spiro atoms. The average Bonchev–Trinajstić information content (AvgIpc) is 3.24. The summed E-state index contributed by atoms with van der Waals surface area (Å²) < 4.78 is 8.79. The summed E-state index contributed by atoms with van der Waals surface area (Å²) in [7, 11) is 0. The zero-order valence-corrected chi connectivity index (χ0v) is 19.2. The minimum atomic E-state index is -0.0522. The molecule has 0 bridgehead atoms. The summed E-state index contributed by atoms with van der Waals surface area (Å²) in [6.45, 7) is 7.53. The Morgan fingerprint density at radius 1 is 1.06 bits per heavy atom. The number of carbonyl (C=O) groups excluding carboxylic acids is 1. The normalized spacial score (nSPS) is 17.2. The van der Waals surface area contributed by atoms with E-state index in [1.165, 1.54) is 5.69 Å². The standard InChI is InChI=1S/C25H24BrN3O2/c1-16-13-18(14-21-20-5-3-4-6-23(20)27-25(21)30)17(2)29(16)19-7-8-24(22(26)15-19)28-9-11-31-12-10-28/h3-8,13-15H,9-12H2,1-2H3,(H,27,30)/b21-14+. The molecule has 0 radical (unpaired) electrons. The van der Waals surface area contributed by atoms with Crippen LogP contribution in [0.2, 0.25) is 0 Å². The van der Waals surface area contributed by atoms with Crippen LogP contribution in [0, 0.1) is 13.8 Å². The van der Waals surface area contributed by atoms with Crippen molar-refractivity contribution in [3.63, 3.8) is 0 Å². The number of aromatic nitrogens is 1. The largest absolute Gasteiger partial charge is 0.378 e. The monoisotopic (exact) mass is 477 g/mol. The Kier molecular flexibility index (Phi) is 5.20. The van der Waals surface area contributed by atoms with Crippen molar-refractivity contribution in [1.82, 2.24) is 4.57 Å². The molecule has 5 nitrogen and oxygen atoms in total. The molecule has 0 atom stereocenters. The topological polar surface area (TPSA) is 46.5 Å². The molecule has 2 aliphatic rings. The number of carbonyl (C=O) groups is 1. The predicted molar refractivity (Wildman–Crippen MR) is 129 cm³/mol. The van der Waals surface area contributed by atoms with Gasteiger partial charge in [-0.1, -0.05) is 18.2 Å². The quantitative estimate of drug-likeness (QED) is 0.528. The van der Waals surface area contributed by atoms with Gasteiger partial charge in [-0.3, -0.25) is 4.79 Å². The van der Waals surface area contributed by atoms with Crippen LogP contribution in [0.25, 0.3) is 17.3 Å². The molecule has 0 aliphatic carbocycles. The number of ether oxygens (including phenoxy) is 1. The molecular formula is C25H24BrN3O2. The second kappa shape index (κ2) is 8.02. The average molecular weight is 478 g/mol. The van der Waals surface area contributed by atoms with Crippen LogP contribution in [-0.2, 0) is 9.53 Å². The maximum absolute atomic E-state index is 12.5. The zero-order chi connectivity index (χ0) is 21.5. The van der Waals surface area contributed by atoms with E-state index in [2.05, 4.69) is 68.8 Å². The van der Waals surface area contributed by atoms with Crippen LogP contribution in [0.3, 0.4) is 0 Å². The van der Waals surface area contributed by atoms with Crippen molar-refractivity contribution in [2.24, 2.45) is 0 Å². The number of para-hydroxylation sites is 1. The van der Waals surface area contributed by atoms with Gasteiger partial charge in [-0.05, 0) is 71.7 Å². The summed E-state index contributed by atoms with van der Waals surface area (Å²) >= 11 is 3.77. The molecule has 31 heavy (non-hydrogen) atoms. The molecule has 1 fully saturated rings. The number of fused-ring (bicyclic) bond motifs is 1. The number of hydrogen-bond donors (Lipinski definition) is 1. The molecule has 1 amide bonds. The van der Waals surface area contributed by atoms with Crippen molar-refractivity contribution in [2.45, 2.75) is 13.8 Å². The van der Waals surface area contributed by atoms with Gasteiger partial charge in [-0.2, -0.15) is 0 Å². The molecule has 1 aromatic heterocycles. The Balaban J connectivity index is 1.51. The van der Waals surface area contributed by atoms with Gasteiger partial charge in [0.25, 0.3) is 5.91 Å².